The van der Waals surface area contributed by atoms with Gasteiger partial charge in [-0.2, -0.15) is 0 Å². The normalized spacial score (nSPS) is 10.8. The van der Waals surface area contributed by atoms with Crippen LogP contribution < -0.4 is 9.64 Å². The third-order valence-electron chi connectivity index (χ3n) is 2.87. The monoisotopic (exact) mass is 242 g/mol. The molecule has 1 rings (SSSR count). The number of hydrogen-bond donors (Lipinski definition) is 1. The summed E-state index contributed by atoms with van der Waals surface area (Å²) < 4.78 is 5.75. The van der Waals surface area contributed by atoms with Crippen LogP contribution in [-0.4, -0.2) is 26.2 Å². The molecule has 0 aliphatic rings. The molecule has 0 amide bonds. The van der Waals surface area contributed by atoms with Crippen molar-refractivity contribution in [3.8, 4) is 5.75 Å². The predicted molar refractivity (Wildman–Crippen MR) is 68.6 cm³/mol. The fraction of sp³-hybridized carbons (Fsp3) is 0.538. The van der Waals surface area contributed by atoms with E-state index in [9.17, 15) is 0 Å². The zero-order chi connectivity index (χ0) is 12.0. The Bertz CT molecular complexity index is 303. The van der Waals surface area contributed by atoms with E-state index in [1.807, 2.05) is 25.1 Å². The maximum Gasteiger partial charge on any atom is 0.141 e. The second-order valence-electron chi connectivity index (χ2n) is 3.94. The Kier molecular flexibility index (Phi) is 5.64. The van der Waals surface area contributed by atoms with Gasteiger partial charge in [0.2, 0.25) is 0 Å². The van der Waals surface area contributed by atoms with E-state index < -0.39 is 0 Å². The second kappa shape index (κ2) is 6.77. The maximum absolute atomic E-state index is 6.08. The van der Waals surface area contributed by atoms with E-state index in [2.05, 4.69) is 13.8 Å². The molecule has 0 aromatic heterocycles. The Balaban J connectivity index is 2.48. The smallest absolute Gasteiger partial charge is 0.141 e. The van der Waals surface area contributed by atoms with Crippen molar-refractivity contribution in [2.45, 2.75) is 20.8 Å². The summed E-state index contributed by atoms with van der Waals surface area (Å²) in [7, 11) is 0. The zero-order valence-electron chi connectivity index (χ0n) is 10.3. The van der Waals surface area contributed by atoms with Gasteiger partial charge in [-0.05, 0) is 32.4 Å². The van der Waals surface area contributed by atoms with Crippen LogP contribution in [0.4, 0.5) is 0 Å². The molecule has 0 spiro atoms. The number of halogens is 1. The van der Waals surface area contributed by atoms with Crippen molar-refractivity contribution in [3.05, 3.63) is 28.8 Å². The molecule has 0 aliphatic carbocycles. The highest BCUT2D eigenvalue weighted by Gasteiger charge is 2.07. The molecule has 0 fully saturated rings. The summed E-state index contributed by atoms with van der Waals surface area (Å²) in [5, 5.41) is 0.703. The largest absolute Gasteiger partial charge is 0.486 e. The van der Waals surface area contributed by atoms with Gasteiger partial charge < -0.3 is 9.64 Å². The number of aryl methyl sites for hydroxylation is 1. The first kappa shape index (κ1) is 13.3. The lowest BCUT2D eigenvalue weighted by Crippen LogP contribution is -3.12. The minimum atomic E-state index is 0.703. The van der Waals surface area contributed by atoms with E-state index in [1.165, 1.54) is 0 Å². The fourth-order valence-corrected chi connectivity index (χ4v) is 1.98. The van der Waals surface area contributed by atoms with Crippen LogP contribution in [0.25, 0.3) is 0 Å². The quantitative estimate of drug-likeness (QED) is 0.805. The molecule has 2 nitrogen and oxygen atoms in total. The molecule has 0 bridgehead atoms. The molecule has 1 N–H and O–H groups in total. The molecule has 0 unspecified atom stereocenters. The van der Waals surface area contributed by atoms with Crippen LogP contribution in [0.2, 0.25) is 5.02 Å². The molecular formula is C13H21ClNO+. The standard InChI is InChI=1S/C13H20ClNO/c1-4-15(5-2)9-10-16-13-11(3)7-6-8-12(13)14/h6-8H,4-5,9-10H2,1-3H3/p+1. The maximum atomic E-state index is 6.08. The van der Waals surface area contributed by atoms with E-state index in [-0.39, 0.29) is 0 Å². The number of para-hydroxylation sites is 1. The summed E-state index contributed by atoms with van der Waals surface area (Å²) in [5.41, 5.74) is 1.10. The predicted octanol–water partition coefficient (Wildman–Crippen LogP) is 1.95. The molecule has 16 heavy (non-hydrogen) atoms. The average molecular weight is 243 g/mol. The van der Waals surface area contributed by atoms with Crippen LogP contribution in [0.1, 0.15) is 19.4 Å². The van der Waals surface area contributed by atoms with Gasteiger partial charge in [-0.3, -0.25) is 0 Å². The Morgan fingerprint density at radius 3 is 2.50 bits per heavy atom. The van der Waals surface area contributed by atoms with Gasteiger partial charge in [0.25, 0.3) is 0 Å². The lowest BCUT2D eigenvalue weighted by atomic mass is 10.2. The van der Waals surface area contributed by atoms with Gasteiger partial charge in [-0.1, -0.05) is 23.7 Å². The number of likely N-dealkylation sites (N-methyl/N-ethyl adjacent to an activating group) is 1. The number of ether oxygens (including phenoxy) is 1. The molecule has 1 aromatic carbocycles. The van der Waals surface area contributed by atoms with Gasteiger partial charge in [-0.25, -0.2) is 0 Å². The molecular weight excluding hydrogens is 222 g/mol. The highest BCUT2D eigenvalue weighted by molar-refractivity contribution is 6.32. The first-order chi connectivity index (χ1) is 7.69. The molecule has 3 heteroatoms. The summed E-state index contributed by atoms with van der Waals surface area (Å²) in [4.78, 5) is 1.55. The van der Waals surface area contributed by atoms with Crippen molar-refractivity contribution >= 4 is 11.6 Å². The van der Waals surface area contributed by atoms with Crippen molar-refractivity contribution in [2.24, 2.45) is 0 Å². The van der Waals surface area contributed by atoms with Gasteiger partial charge in [-0.15, -0.1) is 0 Å². The highest BCUT2D eigenvalue weighted by Crippen LogP contribution is 2.27. The number of benzene rings is 1. The lowest BCUT2D eigenvalue weighted by molar-refractivity contribution is -0.896. The minimum absolute atomic E-state index is 0.703. The van der Waals surface area contributed by atoms with E-state index in [4.69, 9.17) is 16.3 Å². The molecule has 0 radical (unpaired) electrons. The van der Waals surface area contributed by atoms with Crippen LogP contribution >= 0.6 is 11.6 Å². The van der Waals surface area contributed by atoms with Gasteiger partial charge in [0.15, 0.2) is 0 Å². The Labute approximate surface area is 103 Å². The third kappa shape index (κ3) is 3.69. The van der Waals surface area contributed by atoms with E-state index >= 15 is 0 Å². The van der Waals surface area contributed by atoms with Crippen LogP contribution in [-0.2, 0) is 0 Å². The summed E-state index contributed by atoms with van der Waals surface area (Å²) in [6, 6.07) is 5.83. The van der Waals surface area contributed by atoms with Crippen molar-refractivity contribution in [3.63, 3.8) is 0 Å². The average Bonchev–Trinajstić information content (AvgIpc) is 2.28. The van der Waals surface area contributed by atoms with Crippen LogP contribution in [0.5, 0.6) is 5.75 Å². The van der Waals surface area contributed by atoms with Crippen LogP contribution in [0.3, 0.4) is 0 Å². The highest BCUT2D eigenvalue weighted by atomic mass is 35.5. The summed E-state index contributed by atoms with van der Waals surface area (Å²) in [6.07, 6.45) is 0. The number of rotatable bonds is 6. The second-order valence-corrected chi connectivity index (χ2v) is 4.35. The molecule has 0 saturated carbocycles. The third-order valence-corrected chi connectivity index (χ3v) is 3.16. The fourth-order valence-electron chi connectivity index (χ4n) is 1.70. The van der Waals surface area contributed by atoms with Gasteiger partial charge in [0, 0.05) is 0 Å². The first-order valence-corrected chi connectivity index (χ1v) is 6.28. The lowest BCUT2D eigenvalue weighted by Gasteiger charge is -2.16. The SMILES string of the molecule is CC[NH+](CC)CCOc1c(C)cccc1Cl. The van der Waals surface area contributed by atoms with Gasteiger partial charge >= 0.3 is 0 Å². The Hall–Kier alpha value is -0.730. The topological polar surface area (TPSA) is 13.7 Å². The molecule has 1 aromatic rings. The number of nitrogens with one attached hydrogen (secondary N) is 1. The van der Waals surface area contributed by atoms with E-state index in [0.29, 0.717) is 5.02 Å². The van der Waals surface area contributed by atoms with Crippen molar-refractivity contribution in [2.75, 3.05) is 26.2 Å². The number of quaternary nitrogens is 1. The molecule has 90 valence electrons. The summed E-state index contributed by atoms with van der Waals surface area (Å²) >= 11 is 6.08. The van der Waals surface area contributed by atoms with Gasteiger partial charge in [0.05, 0.1) is 18.1 Å². The zero-order valence-corrected chi connectivity index (χ0v) is 11.1. The molecule has 0 heterocycles. The van der Waals surface area contributed by atoms with Crippen LogP contribution in [0.15, 0.2) is 18.2 Å². The Morgan fingerprint density at radius 2 is 1.94 bits per heavy atom. The van der Waals surface area contributed by atoms with Crippen LogP contribution in [0, 0.1) is 6.92 Å². The summed E-state index contributed by atoms with van der Waals surface area (Å²) in [5.74, 6) is 0.829. The number of hydrogen-bond acceptors (Lipinski definition) is 1. The first-order valence-electron chi connectivity index (χ1n) is 5.90. The van der Waals surface area contributed by atoms with E-state index in [0.717, 1.165) is 37.6 Å². The minimum Gasteiger partial charge on any atom is -0.486 e. The molecule has 0 saturated heterocycles. The van der Waals surface area contributed by atoms with Crippen molar-refractivity contribution in [1.29, 1.82) is 0 Å². The molecule has 0 atom stereocenters. The summed E-state index contributed by atoms with van der Waals surface area (Å²) in [6.45, 7) is 10.4. The molecule has 0 aliphatic heterocycles. The van der Waals surface area contributed by atoms with Gasteiger partial charge in [0.1, 0.15) is 18.9 Å². The Morgan fingerprint density at radius 1 is 1.25 bits per heavy atom. The van der Waals surface area contributed by atoms with E-state index in [1.54, 1.807) is 4.90 Å². The van der Waals surface area contributed by atoms with Crippen molar-refractivity contribution < 1.29 is 9.64 Å². The van der Waals surface area contributed by atoms with Crippen molar-refractivity contribution in [1.82, 2.24) is 0 Å².